The van der Waals surface area contributed by atoms with Crippen LogP contribution in [0.3, 0.4) is 0 Å². The average Bonchev–Trinajstić information content (AvgIpc) is 3.35. The molecule has 4 aromatic rings. The minimum atomic E-state index is -0.135. The summed E-state index contributed by atoms with van der Waals surface area (Å²) >= 11 is 5.61. The van der Waals surface area contributed by atoms with Crippen LogP contribution >= 0.6 is 12.2 Å². The number of ether oxygens (including phenoxy) is 2. The fourth-order valence-electron chi connectivity index (χ4n) is 4.43. The summed E-state index contributed by atoms with van der Waals surface area (Å²) in [6.07, 6.45) is 4.12. The second-order valence-electron chi connectivity index (χ2n) is 9.13. The molecule has 6 nitrogen and oxygen atoms in total. The number of amides is 1. The second kappa shape index (κ2) is 10.5. The summed E-state index contributed by atoms with van der Waals surface area (Å²) < 4.78 is 13.9. The van der Waals surface area contributed by atoms with E-state index >= 15 is 0 Å². The van der Waals surface area contributed by atoms with Gasteiger partial charge in [-0.3, -0.25) is 9.69 Å². The second-order valence-corrected chi connectivity index (χ2v) is 9.49. The molecule has 1 aliphatic heterocycles. The Kier molecular flexibility index (Phi) is 6.97. The zero-order valence-corrected chi connectivity index (χ0v) is 21.9. The Hall–Kier alpha value is -4.10. The number of carbonyl (C=O) groups is 1. The maximum atomic E-state index is 13.4. The number of nitrogens with zero attached hydrogens (tertiary/aromatic N) is 3. The van der Waals surface area contributed by atoms with Crippen molar-refractivity contribution in [3.8, 4) is 11.5 Å². The van der Waals surface area contributed by atoms with Crippen molar-refractivity contribution in [3.05, 3.63) is 96.3 Å². The molecule has 188 valence electrons. The molecule has 0 radical (unpaired) electrons. The maximum Gasteiger partial charge on any atom is 0.281 e. The van der Waals surface area contributed by atoms with Gasteiger partial charge in [-0.25, -0.2) is 0 Å². The number of hydrogen-bond donors (Lipinski definition) is 0. The van der Waals surface area contributed by atoms with E-state index in [1.165, 1.54) is 0 Å². The van der Waals surface area contributed by atoms with Crippen LogP contribution in [0.1, 0.15) is 19.4 Å². The summed E-state index contributed by atoms with van der Waals surface area (Å²) in [5, 5.41) is 1.53. The predicted octanol–water partition coefficient (Wildman–Crippen LogP) is 6.11. The number of carbonyl (C=O) groups excluding carboxylic acids is 1. The molecule has 37 heavy (non-hydrogen) atoms. The smallest absolute Gasteiger partial charge is 0.281 e. The highest BCUT2D eigenvalue weighted by molar-refractivity contribution is 7.80. The molecule has 7 heteroatoms. The van der Waals surface area contributed by atoms with Crippen molar-refractivity contribution in [2.45, 2.75) is 26.5 Å². The molecule has 0 unspecified atom stereocenters. The van der Waals surface area contributed by atoms with Gasteiger partial charge in [-0.15, -0.1) is 0 Å². The van der Waals surface area contributed by atoms with Gasteiger partial charge in [0.25, 0.3) is 5.91 Å². The molecular formula is C30H29N3O3S. The lowest BCUT2D eigenvalue weighted by Gasteiger charge is -2.16. The molecule has 3 aromatic carbocycles. The number of thiocarbonyl (C=S) groups is 1. The van der Waals surface area contributed by atoms with Crippen molar-refractivity contribution in [2.75, 3.05) is 18.6 Å². The first kappa shape index (κ1) is 24.6. The third-order valence-electron chi connectivity index (χ3n) is 6.18. The number of aromatic nitrogens is 1. The standard InChI is InChI=1S/C30H29N3O3S/c1-21(2)36-25-15-13-24(14-16-25)35-18-17-32-20-22(26-11-7-8-12-27(26)32)19-28-29(34)33(30(37)31(28)3)23-9-5-4-6-10-23/h4-16,19-21H,17-18H2,1-3H3/b28-19-. The van der Waals surface area contributed by atoms with Gasteiger partial charge in [-0.05, 0) is 74.6 Å². The maximum absolute atomic E-state index is 13.4. The Morgan fingerprint density at radius 1 is 0.919 bits per heavy atom. The number of benzene rings is 3. The van der Waals surface area contributed by atoms with Crippen molar-refractivity contribution in [2.24, 2.45) is 0 Å². The summed E-state index contributed by atoms with van der Waals surface area (Å²) in [5.74, 6) is 1.49. The molecule has 1 aromatic heterocycles. The van der Waals surface area contributed by atoms with Crippen LogP contribution in [0.4, 0.5) is 5.69 Å². The number of rotatable bonds is 8. The van der Waals surface area contributed by atoms with Gasteiger partial charge < -0.3 is 18.9 Å². The molecule has 0 saturated carbocycles. The largest absolute Gasteiger partial charge is 0.492 e. The van der Waals surface area contributed by atoms with Crippen molar-refractivity contribution in [3.63, 3.8) is 0 Å². The molecular weight excluding hydrogens is 482 g/mol. The Morgan fingerprint density at radius 2 is 1.59 bits per heavy atom. The first-order valence-electron chi connectivity index (χ1n) is 12.3. The highest BCUT2D eigenvalue weighted by Crippen LogP contribution is 2.30. The van der Waals surface area contributed by atoms with E-state index in [1.54, 1.807) is 9.80 Å². The van der Waals surface area contributed by atoms with E-state index in [2.05, 4.69) is 22.9 Å². The highest BCUT2D eigenvalue weighted by Gasteiger charge is 2.36. The van der Waals surface area contributed by atoms with Crippen LogP contribution in [0.2, 0.25) is 0 Å². The van der Waals surface area contributed by atoms with Crippen LogP contribution < -0.4 is 14.4 Å². The number of anilines is 1. The Bertz CT molecular complexity index is 1460. The third kappa shape index (κ3) is 5.08. The van der Waals surface area contributed by atoms with Gasteiger partial charge >= 0.3 is 0 Å². The summed E-state index contributed by atoms with van der Waals surface area (Å²) in [6, 6.07) is 25.3. The molecule has 1 aliphatic rings. The van der Waals surface area contributed by atoms with E-state index in [9.17, 15) is 4.79 Å². The molecule has 5 rings (SSSR count). The lowest BCUT2D eigenvalue weighted by atomic mass is 10.1. The summed E-state index contributed by atoms with van der Waals surface area (Å²) in [6.45, 7) is 5.17. The fourth-order valence-corrected chi connectivity index (χ4v) is 4.72. The summed E-state index contributed by atoms with van der Waals surface area (Å²) in [5.41, 5.74) is 3.33. The van der Waals surface area contributed by atoms with Crippen LogP contribution in [0.15, 0.2) is 90.8 Å². The van der Waals surface area contributed by atoms with Crippen molar-refractivity contribution >= 4 is 45.9 Å². The van der Waals surface area contributed by atoms with Gasteiger partial charge in [-0.1, -0.05) is 36.4 Å². The van der Waals surface area contributed by atoms with Crippen LogP contribution in [-0.2, 0) is 11.3 Å². The van der Waals surface area contributed by atoms with Gasteiger partial charge in [0.15, 0.2) is 5.11 Å². The van der Waals surface area contributed by atoms with E-state index < -0.39 is 0 Å². The van der Waals surface area contributed by atoms with Crippen molar-refractivity contribution in [1.29, 1.82) is 0 Å². The normalized spacial score (nSPS) is 14.9. The molecule has 1 saturated heterocycles. The predicted molar refractivity (Wildman–Crippen MR) is 152 cm³/mol. The van der Waals surface area contributed by atoms with Crippen LogP contribution in [0.5, 0.6) is 11.5 Å². The number of hydrogen-bond acceptors (Lipinski definition) is 4. The Morgan fingerprint density at radius 3 is 2.32 bits per heavy atom. The SMILES string of the molecule is CC(C)Oc1ccc(OCCn2cc(/C=C3/C(=O)N(c4ccccc4)C(=S)N3C)c3ccccc32)cc1. The van der Waals surface area contributed by atoms with E-state index in [4.69, 9.17) is 21.7 Å². The van der Waals surface area contributed by atoms with Gasteiger partial charge in [0.05, 0.1) is 18.3 Å². The zero-order chi connectivity index (χ0) is 25.9. The summed E-state index contributed by atoms with van der Waals surface area (Å²) in [7, 11) is 1.83. The lowest BCUT2D eigenvalue weighted by molar-refractivity contribution is -0.114. The van der Waals surface area contributed by atoms with Crippen molar-refractivity contribution in [1.82, 2.24) is 9.47 Å². The first-order chi connectivity index (χ1) is 17.9. The minimum Gasteiger partial charge on any atom is -0.492 e. The van der Waals surface area contributed by atoms with Gasteiger partial charge in [-0.2, -0.15) is 0 Å². The Labute approximate surface area is 222 Å². The monoisotopic (exact) mass is 511 g/mol. The average molecular weight is 512 g/mol. The summed E-state index contributed by atoms with van der Waals surface area (Å²) in [4.78, 5) is 16.7. The molecule has 2 heterocycles. The molecule has 0 bridgehead atoms. The molecule has 0 aliphatic carbocycles. The molecule has 0 N–H and O–H groups in total. The van der Waals surface area contributed by atoms with Gasteiger partial charge in [0.1, 0.15) is 23.8 Å². The fraction of sp³-hybridized carbons (Fsp3) is 0.200. The van der Waals surface area contributed by atoms with E-state index in [0.29, 0.717) is 24.0 Å². The zero-order valence-electron chi connectivity index (χ0n) is 21.1. The molecule has 0 atom stereocenters. The van der Waals surface area contributed by atoms with E-state index in [1.807, 2.05) is 93.7 Å². The number of para-hydroxylation sites is 2. The highest BCUT2D eigenvalue weighted by atomic mass is 32.1. The van der Waals surface area contributed by atoms with Gasteiger partial charge in [0.2, 0.25) is 0 Å². The van der Waals surface area contributed by atoms with E-state index in [0.717, 1.165) is 33.7 Å². The van der Waals surface area contributed by atoms with Crippen LogP contribution in [-0.4, -0.2) is 40.2 Å². The molecule has 1 fully saturated rings. The number of likely N-dealkylation sites (N-methyl/N-ethyl adjacent to an activating group) is 1. The minimum absolute atomic E-state index is 0.134. The first-order valence-corrected chi connectivity index (χ1v) is 12.7. The molecule has 0 spiro atoms. The quantitative estimate of drug-likeness (QED) is 0.211. The molecule has 1 amide bonds. The van der Waals surface area contributed by atoms with E-state index in [-0.39, 0.29) is 12.0 Å². The van der Waals surface area contributed by atoms with Crippen LogP contribution in [0.25, 0.3) is 17.0 Å². The van der Waals surface area contributed by atoms with Crippen molar-refractivity contribution < 1.29 is 14.3 Å². The third-order valence-corrected chi connectivity index (χ3v) is 6.64. The lowest BCUT2D eigenvalue weighted by Crippen LogP contribution is -2.30. The van der Waals surface area contributed by atoms with Gasteiger partial charge in [0, 0.05) is 29.7 Å². The van der Waals surface area contributed by atoms with Crippen LogP contribution in [0, 0.1) is 0 Å². The topological polar surface area (TPSA) is 46.9 Å². The number of fused-ring (bicyclic) bond motifs is 1. The Balaban J connectivity index is 1.36.